The van der Waals surface area contributed by atoms with Gasteiger partial charge < -0.3 is 5.32 Å². The van der Waals surface area contributed by atoms with Crippen molar-refractivity contribution in [2.75, 3.05) is 5.32 Å². The molecule has 5 nitrogen and oxygen atoms in total. The minimum atomic E-state index is -0.601. The van der Waals surface area contributed by atoms with E-state index in [0.717, 1.165) is 5.56 Å². The molecule has 0 bridgehead atoms. The summed E-state index contributed by atoms with van der Waals surface area (Å²) in [5.74, 6) is -0.175. The lowest BCUT2D eigenvalue weighted by Crippen LogP contribution is -2.18. The molecule has 0 atom stereocenters. The highest BCUT2D eigenvalue weighted by atomic mass is 35.5. The average molecular weight is 451 g/mol. The lowest BCUT2D eigenvalue weighted by atomic mass is 10.2. The van der Waals surface area contributed by atoms with Crippen molar-refractivity contribution < 1.29 is 4.79 Å². The van der Waals surface area contributed by atoms with Crippen molar-refractivity contribution in [2.24, 2.45) is 0 Å². The first-order valence-corrected chi connectivity index (χ1v) is 9.04. The van der Waals surface area contributed by atoms with Gasteiger partial charge in [-0.05, 0) is 11.6 Å². The van der Waals surface area contributed by atoms with Gasteiger partial charge in [0.15, 0.2) is 5.69 Å². The van der Waals surface area contributed by atoms with Crippen molar-refractivity contribution in [3.8, 4) is 0 Å². The van der Waals surface area contributed by atoms with E-state index in [2.05, 4.69) is 15.4 Å². The number of amides is 1. The molecular formula is C16H9Cl5N4O. The first-order valence-electron chi connectivity index (χ1n) is 7.15. The highest BCUT2D eigenvalue weighted by molar-refractivity contribution is 6.52. The minimum absolute atomic E-state index is 0.0151. The van der Waals surface area contributed by atoms with Crippen LogP contribution in [0.3, 0.4) is 0 Å². The van der Waals surface area contributed by atoms with E-state index in [-0.39, 0.29) is 25.9 Å². The zero-order valence-corrected chi connectivity index (χ0v) is 16.6. The molecule has 134 valence electrons. The number of anilines is 1. The molecule has 1 N–H and O–H groups in total. The third-order valence-corrected chi connectivity index (χ3v) is 5.48. The molecule has 0 fully saturated rings. The fraction of sp³-hybridized carbons (Fsp3) is 0.0625. The molecule has 3 aromatic rings. The van der Waals surface area contributed by atoms with Crippen LogP contribution in [0.4, 0.5) is 5.82 Å². The van der Waals surface area contributed by atoms with Gasteiger partial charge in [-0.3, -0.25) is 4.79 Å². The lowest BCUT2D eigenvalue weighted by Gasteiger charge is -2.11. The molecule has 0 spiro atoms. The van der Waals surface area contributed by atoms with E-state index in [1.165, 1.54) is 0 Å². The van der Waals surface area contributed by atoms with E-state index in [9.17, 15) is 4.79 Å². The second-order valence-corrected chi connectivity index (χ2v) is 7.01. The van der Waals surface area contributed by atoms with Crippen LogP contribution in [0.15, 0.2) is 36.5 Å². The zero-order valence-electron chi connectivity index (χ0n) is 12.8. The summed E-state index contributed by atoms with van der Waals surface area (Å²) < 4.78 is 1.58. The Bertz CT molecular complexity index is 989. The van der Waals surface area contributed by atoms with Crippen LogP contribution in [0.1, 0.15) is 16.1 Å². The Morgan fingerprint density at radius 2 is 1.73 bits per heavy atom. The standard InChI is InChI=1S/C16H9Cl5N4O/c17-9-4-2-1-3-8(9)7-25-10(5-6-22-25)23-16(26)14-12(19)11(18)13(20)15(21)24-14/h1-6H,7H2,(H,23,26). The van der Waals surface area contributed by atoms with Crippen molar-refractivity contribution in [1.29, 1.82) is 0 Å². The molecule has 0 aliphatic heterocycles. The molecule has 10 heteroatoms. The van der Waals surface area contributed by atoms with Crippen molar-refractivity contribution in [3.63, 3.8) is 0 Å². The predicted molar refractivity (Wildman–Crippen MR) is 105 cm³/mol. The smallest absolute Gasteiger partial charge is 0.277 e. The van der Waals surface area contributed by atoms with E-state index < -0.39 is 5.91 Å². The molecule has 1 amide bonds. The van der Waals surface area contributed by atoms with Crippen LogP contribution in [-0.2, 0) is 6.54 Å². The number of nitrogens with zero attached hydrogens (tertiary/aromatic N) is 3. The summed E-state index contributed by atoms with van der Waals surface area (Å²) in [4.78, 5) is 16.4. The van der Waals surface area contributed by atoms with Crippen molar-refractivity contribution >= 4 is 69.7 Å². The number of rotatable bonds is 4. The number of hydrogen-bond donors (Lipinski definition) is 1. The third kappa shape index (κ3) is 3.92. The number of halogens is 5. The van der Waals surface area contributed by atoms with Crippen LogP contribution in [0, 0.1) is 0 Å². The van der Waals surface area contributed by atoms with Gasteiger partial charge in [-0.15, -0.1) is 0 Å². The highest BCUT2D eigenvalue weighted by Crippen LogP contribution is 2.36. The van der Waals surface area contributed by atoms with E-state index >= 15 is 0 Å². The number of hydrogen-bond acceptors (Lipinski definition) is 3. The Morgan fingerprint density at radius 3 is 2.46 bits per heavy atom. The van der Waals surface area contributed by atoms with Crippen LogP contribution in [0.25, 0.3) is 0 Å². The van der Waals surface area contributed by atoms with Gasteiger partial charge in [0.05, 0.1) is 27.8 Å². The van der Waals surface area contributed by atoms with Gasteiger partial charge in [0.25, 0.3) is 5.91 Å². The SMILES string of the molecule is O=C(Nc1ccnn1Cc1ccccc1Cl)c1nc(Cl)c(Cl)c(Cl)c1Cl. The van der Waals surface area contributed by atoms with Crippen molar-refractivity contribution in [2.45, 2.75) is 6.54 Å². The molecule has 3 rings (SSSR count). The molecule has 0 aliphatic rings. The van der Waals surface area contributed by atoms with Gasteiger partial charge in [-0.1, -0.05) is 76.2 Å². The van der Waals surface area contributed by atoms with Gasteiger partial charge in [0.1, 0.15) is 11.0 Å². The monoisotopic (exact) mass is 448 g/mol. The number of pyridine rings is 1. The summed E-state index contributed by atoms with van der Waals surface area (Å²) in [6.45, 7) is 0.367. The Morgan fingerprint density at radius 1 is 1.00 bits per heavy atom. The number of nitrogens with one attached hydrogen (secondary N) is 1. The Kier molecular flexibility index (Phi) is 5.95. The van der Waals surface area contributed by atoms with E-state index in [1.54, 1.807) is 23.0 Å². The van der Waals surface area contributed by atoms with Crippen LogP contribution >= 0.6 is 58.0 Å². The molecule has 0 aliphatic carbocycles. The van der Waals surface area contributed by atoms with Crippen LogP contribution in [0.2, 0.25) is 25.2 Å². The van der Waals surface area contributed by atoms with Gasteiger partial charge >= 0.3 is 0 Å². The first-order chi connectivity index (χ1) is 12.4. The molecule has 2 aromatic heterocycles. The van der Waals surface area contributed by atoms with Crippen LogP contribution < -0.4 is 5.32 Å². The first kappa shape index (κ1) is 19.3. The summed E-state index contributed by atoms with van der Waals surface area (Å²) in [5, 5.41) is 7.20. The number of carbonyl (C=O) groups excluding carboxylic acids is 1. The molecule has 26 heavy (non-hydrogen) atoms. The normalized spacial score (nSPS) is 10.8. The summed E-state index contributed by atoms with van der Waals surface area (Å²) in [5.41, 5.74) is 0.707. The van der Waals surface area contributed by atoms with E-state index in [1.807, 2.05) is 18.2 Å². The maximum atomic E-state index is 12.5. The van der Waals surface area contributed by atoms with Crippen LogP contribution in [0.5, 0.6) is 0 Å². The maximum absolute atomic E-state index is 12.5. The second-order valence-electron chi connectivity index (χ2n) is 5.11. The molecule has 2 heterocycles. The molecule has 0 unspecified atom stereocenters. The number of carbonyl (C=O) groups is 1. The number of benzene rings is 1. The van der Waals surface area contributed by atoms with Crippen molar-refractivity contribution in [3.05, 3.63) is 73.0 Å². The molecule has 0 radical (unpaired) electrons. The van der Waals surface area contributed by atoms with Gasteiger partial charge in [0, 0.05) is 11.1 Å². The molecule has 0 saturated carbocycles. The average Bonchev–Trinajstić information content (AvgIpc) is 3.05. The Hall–Kier alpha value is -1.50. The summed E-state index contributed by atoms with van der Waals surface area (Å²) in [6.07, 6.45) is 1.54. The fourth-order valence-electron chi connectivity index (χ4n) is 2.17. The van der Waals surface area contributed by atoms with E-state index in [0.29, 0.717) is 17.4 Å². The molecule has 0 saturated heterocycles. The Labute approximate surface area is 173 Å². The second kappa shape index (κ2) is 8.03. The van der Waals surface area contributed by atoms with Crippen molar-refractivity contribution in [1.82, 2.24) is 14.8 Å². The maximum Gasteiger partial charge on any atom is 0.277 e. The van der Waals surface area contributed by atoms with Crippen LogP contribution in [-0.4, -0.2) is 20.7 Å². The number of aromatic nitrogens is 3. The highest BCUT2D eigenvalue weighted by Gasteiger charge is 2.21. The summed E-state index contributed by atoms with van der Waals surface area (Å²) in [6, 6.07) is 8.97. The quantitative estimate of drug-likeness (QED) is 0.508. The fourth-order valence-corrected chi connectivity index (χ4v) is 3.18. The summed E-state index contributed by atoms with van der Waals surface area (Å²) >= 11 is 29.9. The Balaban J connectivity index is 1.86. The summed E-state index contributed by atoms with van der Waals surface area (Å²) in [7, 11) is 0. The minimum Gasteiger partial charge on any atom is -0.305 e. The van der Waals surface area contributed by atoms with E-state index in [4.69, 9.17) is 58.0 Å². The van der Waals surface area contributed by atoms with Gasteiger partial charge in [-0.25, -0.2) is 9.67 Å². The zero-order chi connectivity index (χ0) is 18.8. The predicted octanol–water partition coefficient (Wildman–Crippen LogP) is 5.85. The van der Waals surface area contributed by atoms with Gasteiger partial charge in [-0.2, -0.15) is 5.10 Å². The molecular weight excluding hydrogens is 441 g/mol. The third-order valence-electron chi connectivity index (χ3n) is 3.44. The van der Waals surface area contributed by atoms with Gasteiger partial charge in [0.2, 0.25) is 0 Å². The molecule has 1 aromatic carbocycles. The topological polar surface area (TPSA) is 59.8 Å². The lowest BCUT2D eigenvalue weighted by molar-refractivity contribution is 0.102. The largest absolute Gasteiger partial charge is 0.305 e.